The number of H-pyrrole nitrogens is 2. The predicted molar refractivity (Wildman–Crippen MR) is 116 cm³/mol. The Balaban J connectivity index is 1.88. The minimum Gasteiger partial charge on any atom is -0.490 e. The molecule has 0 spiro atoms. The Hall–Kier alpha value is -4.65. The molecule has 0 atom stereocenters. The molecule has 1 heterocycles. The molecule has 10 nitrogen and oxygen atoms in total. The fourth-order valence-electron chi connectivity index (χ4n) is 2.91. The first-order valence-electron chi connectivity index (χ1n) is 9.49. The number of hydrogen-bond donors (Lipinski definition) is 2. The molecule has 32 heavy (non-hydrogen) atoms. The van der Waals surface area contributed by atoms with E-state index in [2.05, 4.69) is 11.1 Å². The zero-order valence-electron chi connectivity index (χ0n) is 17.0. The molecular weight excluding hydrogens is 416 g/mol. The fraction of sp³-hybridized carbons (Fsp3) is 0.136. The van der Waals surface area contributed by atoms with E-state index in [0.717, 1.165) is 5.56 Å². The molecule has 162 valence electrons. The first-order valence-corrected chi connectivity index (χ1v) is 9.49. The molecule has 0 aliphatic heterocycles. The SMILES string of the molecule is CCOc1cc(/C=C\c2[nH]c(=O)[nH]c(=O)c2[N+](=O)[O-])ccc1OCc1ccccc1C#N. The lowest BCUT2D eigenvalue weighted by Gasteiger charge is -2.13. The molecule has 0 amide bonds. The van der Waals surface area contributed by atoms with E-state index in [1.807, 2.05) is 18.0 Å². The van der Waals surface area contributed by atoms with Gasteiger partial charge in [-0.05, 0) is 36.8 Å². The first-order chi connectivity index (χ1) is 15.4. The normalized spacial score (nSPS) is 10.6. The molecule has 0 saturated carbocycles. The summed E-state index contributed by atoms with van der Waals surface area (Å²) in [6.07, 6.45) is 2.76. The zero-order chi connectivity index (χ0) is 23.1. The Kier molecular flexibility index (Phi) is 6.82. The van der Waals surface area contributed by atoms with Crippen LogP contribution in [0.15, 0.2) is 52.1 Å². The van der Waals surface area contributed by atoms with Crippen molar-refractivity contribution in [1.82, 2.24) is 9.97 Å². The van der Waals surface area contributed by atoms with Gasteiger partial charge in [-0.2, -0.15) is 5.26 Å². The van der Waals surface area contributed by atoms with Gasteiger partial charge in [0.2, 0.25) is 0 Å². The summed E-state index contributed by atoms with van der Waals surface area (Å²) in [5, 5.41) is 20.4. The van der Waals surface area contributed by atoms with Gasteiger partial charge in [0, 0.05) is 5.56 Å². The third-order valence-corrected chi connectivity index (χ3v) is 4.36. The molecule has 10 heteroatoms. The number of nitrogens with zero attached hydrogens (tertiary/aromatic N) is 2. The molecule has 0 fully saturated rings. The molecule has 3 aromatic rings. The van der Waals surface area contributed by atoms with E-state index in [-0.39, 0.29) is 12.3 Å². The average Bonchev–Trinajstić information content (AvgIpc) is 2.76. The highest BCUT2D eigenvalue weighted by Crippen LogP contribution is 2.30. The van der Waals surface area contributed by atoms with E-state index in [1.54, 1.807) is 36.4 Å². The van der Waals surface area contributed by atoms with E-state index in [4.69, 9.17) is 9.47 Å². The lowest BCUT2D eigenvalue weighted by Crippen LogP contribution is -2.25. The summed E-state index contributed by atoms with van der Waals surface area (Å²) in [7, 11) is 0. The van der Waals surface area contributed by atoms with E-state index in [1.165, 1.54) is 12.2 Å². The van der Waals surface area contributed by atoms with Crippen LogP contribution in [0.5, 0.6) is 11.5 Å². The van der Waals surface area contributed by atoms with Gasteiger partial charge in [0.05, 0.1) is 23.2 Å². The summed E-state index contributed by atoms with van der Waals surface area (Å²) in [4.78, 5) is 37.6. The predicted octanol–water partition coefficient (Wildman–Crippen LogP) is 2.99. The summed E-state index contributed by atoms with van der Waals surface area (Å²) < 4.78 is 11.5. The van der Waals surface area contributed by atoms with Crippen molar-refractivity contribution in [2.45, 2.75) is 13.5 Å². The Morgan fingerprint density at radius 2 is 1.88 bits per heavy atom. The number of aromatic nitrogens is 2. The molecule has 0 aliphatic rings. The van der Waals surface area contributed by atoms with Crippen LogP contribution in [0.2, 0.25) is 0 Å². The zero-order valence-corrected chi connectivity index (χ0v) is 17.0. The van der Waals surface area contributed by atoms with Gasteiger partial charge in [0.15, 0.2) is 11.5 Å². The third-order valence-electron chi connectivity index (χ3n) is 4.36. The third kappa shape index (κ3) is 5.09. The fourth-order valence-corrected chi connectivity index (χ4v) is 2.91. The second-order valence-corrected chi connectivity index (χ2v) is 6.46. The van der Waals surface area contributed by atoms with Crippen molar-refractivity contribution in [3.63, 3.8) is 0 Å². The standard InChI is InChI=1S/C22H18N4O6/c1-2-31-19-11-14(7-9-17-20(26(29)30)21(27)25-22(28)24-17)8-10-18(19)32-13-16-6-4-3-5-15(16)12-23/h3-11H,2,13H2,1H3,(H2,24,25,27,28)/b9-7-. The van der Waals surface area contributed by atoms with E-state index in [9.17, 15) is 25.0 Å². The number of nitro groups is 1. The molecular formula is C22H18N4O6. The van der Waals surface area contributed by atoms with Crippen LogP contribution in [0.4, 0.5) is 5.69 Å². The van der Waals surface area contributed by atoms with Gasteiger partial charge in [-0.15, -0.1) is 0 Å². The van der Waals surface area contributed by atoms with Crippen LogP contribution >= 0.6 is 0 Å². The number of rotatable bonds is 8. The minimum atomic E-state index is -1.09. The second-order valence-electron chi connectivity index (χ2n) is 6.46. The van der Waals surface area contributed by atoms with E-state index < -0.39 is 21.9 Å². The van der Waals surface area contributed by atoms with Gasteiger partial charge in [-0.25, -0.2) is 4.79 Å². The van der Waals surface area contributed by atoms with Crippen LogP contribution in [0.1, 0.15) is 29.3 Å². The van der Waals surface area contributed by atoms with Gasteiger partial charge in [-0.3, -0.25) is 19.9 Å². The molecule has 2 aromatic carbocycles. The lowest BCUT2D eigenvalue weighted by molar-refractivity contribution is -0.386. The smallest absolute Gasteiger partial charge is 0.357 e. The summed E-state index contributed by atoms with van der Waals surface area (Å²) in [5.41, 5.74) is -1.09. The largest absolute Gasteiger partial charge is 0.490 e. The van der Waals surface area contributed by atoms with Crippen LogP contribution in [-0.2, 0) is 6.61 Å². The summed E-state index contributed by atoms with van der Waals surface area (Å²) in [6.45, 7) is 2.34. The summed E-state index contributed by atoms with van der Waals surface area (Å²) >= 11 is 0. The van der Waals surface area contributed by atoms with Crippen molar-refractivity contribution in [3.05, 3.63) is 95.8 Å². The highest BCUT2D eigenvalue weighted by molar-refractivity contribution is 5.72. The van der Waals surface area contributed by atoms with Gasteiger partial charge in [-0.1, -0.05) is 30.3 Å². The average molecular weight is 434 g/mol. The number of ether oxygens (including phenoxy) is 2. The van der Waals surface area contributed by atoms with E-state index in [0.29, 0.717) is 29.2 Å². The minimum absolute atomic E-state index is 0.166. The van der Waals surface area contributed by atoms with Crippen molar-refractivity contribution >= 4 is 17.8 Å². The van der Waals surface area contributed by atoms with Crippen molar-refractivity contribution < 1.29 is 14.4 Å². The molecule has 0 radical (unpaired) electrons. The van der Waals surface area contributed by atoms with E-state index >= 15 is 0 Å². The van der Waals surface area contributed by atoms with Crippen LogP contribution < -0.4 is 20.7 Å². The van der Waals surface area contributed by atoms with Crippen molar-refractivity contribution in [3.8, 4) is 17.6 Å². The van der Waals surface area contributed by atoms with Crippen LogP contribution in [0.25, 0.3) is 12.2 Å². The second kappa shape index (κ2) is 9.90. The van der Waals surface area contributed by atoms with Crippen LogP contribution in [0.3, 0.4) is 0 Å². The van der Waals surface area contributed by atoms with Gasteiger partial charge in [0.1, 0.15) is 12.3 Å². The maximum Gasteiger partial charge on any atom is 0.357 e. The van der Waals surface area contributed by atoms with Crippen LogP contribution in [0, 0.1) is 21.4 Å². The molecule has 3 rings (SSSR count). The summed E-state index contributed by atoms with van der Waals surface area (Å²) in [6, 6.07) is 14.2. The Bertz CT molecular complexity index is 1330. The number of benzene rings is 2. The monoisotopic (exact) mass is 434 g/mol. The summed E-state index contributed by atoms with van der Waals surface area (Å²) in [5.74, 6) is 0.880. The number of nitriles is 1. The Morgan fingerprint density at radius 3 is 2.59 bits per heavy atom. The Labute approximate surface area is 181 Å². The quantitative estimate of drug-likeness (QED) is 0.408. The lowest BCUT2D eigenvalue weighted by atomic mass is 10.1. The number of nitrogens with one attached hydrogen (secondary N) is 2. The maximum atomic E-state index is 11.7. The highest BCUT2D eigenvalue weighted by Gasteiger charge is 2.18. The topological polar surface area (TPSA) is 151 Å². The van der Waals surface area contributed by atoms with Crippen molar-refractivity contribution in [2.75, 3.05) is 6.61 Å². The molecule has 2 N–H and O–H groups in total. The Morgan fingerprint density at radius 1 is 1.09 bits per heavy atom. The van der Waals surface area contributed by atoms with Crippen LogP contribution in [-0.4, -0.2) is 21.5 Å². The molecule has 0 saturated heterocycles. The molecule has 0 bridgehead atoms. The van der Waals surface area contributed by atoms with Crippen molar-refractivity contribution in [2.24, 2.45) is 0 Å². The molecule has 1 aromatic heterocycles. The van der Waals surface area contributed by atoms with Gasteiger partial charge < -0.3 is 14.5 Å². The van der Waals surface area contributed by atoms with Gasteiger partial charge in [0.25, 0.3) is 0 Å². The first kappa shape index (κ1) is 22.0. The highest BCUT2D eigenvalue weighted by atomic mass is 16.6. The molecule has 0 aliphatic carbocycles. The number of hydrogen-bond acceptors (Lipinski definition) is 7. The maximum absolute atomic E-state index is 11.7. The van der Waals surface area contributed by atoms with Crippen molar-refractivity contribution in [1.29, 1.82) is 5.26 Å². The molecule has 0 unspecified atom stereocenters. The van der Waals surface area contributed by atoms with Gasteiger partial charge >= 0.3 is 16.9 Å². The number of aromatic amines is 2.